The number of hydrogen-bond donors (Lipinski definition) is 0. The highest BCUT2D eigenvalue weighted by Crippen LogP contribution is 2.33. The summed E-state index contributed by atoms with van der Waals surface area (Å²) in [6.07, 6.45) is 0. The Morgan fingerprint density at radius 3 is 2.61 bits per heavy atom. The first-order valence-electron chi connectivity index (χ1n) is 7.08. The molecule has 2 aromatic carbocycles. The van der Waals surface area contributed by atoms with Crippen molar-refractivity contribution in [1.82, 2.24) is 0 Å². The number of nitro groups is 1. The lowest BCUT2D eigenvalue weighted by Crippen LogP contribution is -2.18. The Morgan fingerprint density at radius 2 is 1.91 bits per heavy atom. The largest absolute Gasteiger partial charge is 0.486 e. The van der Waals surface area contributed by atoms with E-state index in [1.807, 2.05) is 30.1 Å². The minimum Gasteiger partial charge on any atom is -0.486 e. The molecule has 0 unspecified atom stereocenters. The quantitative estimate of drug-likeness (QED) is 0.630. The van der Waals surface area contributed by atoms with E-state index < -0.39 is 4.92 Å². The third-order valence-electron chi connectivity index (χ3n) is 3.58. The van der Waals surface area contributed by atoms with Crippen LogP contribution in [0.4, 0.5) is 11.4 Å². The van der Waals surface area contributed by atoms with E-state index in [1.165, 1.54) is 12.1 Å². The number of nitrogens with zero attached hydrogens (tertiary/aromatic N) is 2. The van der Waals surface area contributed by atoms with Crippen LogP contribution in [0.25, 0.3) is 0 Å². The van der Waals surface area contributed by atoms with Gasteiger partial charge in [0.15, 0.2) is 11.5 Å². The molecule has 1 aliphatic heterocycles. The summed E-state index contributed by atoms with van der Waals surface area (Å²) in [7, 11) is 1.88. The van der Waals surface area contributed by atoms with Crippen LogP contribution in [-0.4, -0.2) is 25.2 Å². The SMILES string of the molecule is CN(Cc1ccc2c(c1)OCCO2)c1ccc([N+](=O)[O-])cc1Cl. The second-order valence-electron chi connectivity index (χ2n) is 5.23. The van der Waals surface area contributed by atoms with Crippen molar-refractivity contribution in [3.63, 3.8) is 0 Å². The molecule has 7 heteroatoms. The highest BCUT2D eigenvalue weighted by Gasteiger charge is 2.15. The van der Waals surface area contributed by atoms with Gasteiger partial charge in [-0.15, -0.1) is 0 Å². The van der Waals surface area contributed by atoms with Gasteiger partial charge >= 0.3 is 0 Å². The molecule has 0 radical (unpaired) electrons. The molecule has 0 amide bonds. The van der Waals surface area contributed by atoms with E-state index in [4.69, 9.17) is 21.1 Å². The Labute approximate surface area is 138 Å². The van der Waals surface area contributed by atoms with Crippen molar-refractivity contribution in [2.24, 2.45) is 0 Å². The minimum atomic E-state index is -0.462. The second kappa shape index (κ2) is 6.34. The average Bonchev–Trinajstić information content (AvgIpc) is 2.54. The van der Waals surface area contributed by atoms with E-state index in [2.05, 4.69) is 0 Å². The molecule has 120 valence electrons. The second-order valence-corrected chi connectivity index (χ2v) is 5.63. The summed E-state index contributed by atoms with van der Waals surface area (Å²) < 4.78 is 11.1. The Morgan fingerprint density at radius 1 is 1.17 bits per heavy atom. The Balaban J connectivity index is 1.79. The monoisotopic (exact) mass is 334 g/mol. The maximum absolute atomic E-state index is 10.8. The van der Waals surface area contributed by atoms with Gasteiger partial charge in [-0.3, -0.25) is 10.1 Å². The van der Waals surface area contributed by atoms with E-state index >= 15 is 0 Å². The van der Waals surface area contributed by atoms with E-state index in [-0.39, 0.29) is 5.69 Å². The van der Waals surface area contributed by atoms with Crippen LogP contribution < -0.4 is 14.4 Å². The fourth-order valence-corrected chi connectivity index (χ4v) is 2.78. The molecule has 0 aromatic heterocycles. The lowest BCUT2D eigenvalue weighted by molar-refractivity contribution is -0.384. The number of hydrogen-bond acceptors (Lipinski definition) is 5. The molecule has 6 nitrogen and oxygen atoms in total. The number of non-ortho nitro benzene ring substituents is 1. The molecule has 0 saturated heterocycles. The number of nitro benzene ring substituents is 1. The van der Waals surface area contributed by atoms with Gasteiger partial charge in [0.2, 0.25) is 0 Å². The molecule has 0 bridgehead atoms. The molecule has 3 rings (SSSR count). The third-order valence-corrected chi connectivity index (χ3v) is 3.88. The number of benzene rings is 2. The van der Waals surface area contributed by atoms with Crippen molar-refractivity contribution in [2.45, 2.75) is 6.54 Å². The summed E-state index contributed by atoms with van der Waals surface area (Å²) in [5, 5.41) is 11.1. The van der Waals surface area contributed by atoms with Crippen LogP contribution in [0.15, 0.2) is 36.4 Å². The summed E-state index contributed by atoms with van der Waals surface area (Å²) in [6, 6.07) is 10.2. The van der Waals surface area contributed by atoms with Gasteiger partial charge in [-0.05, 0) is 23.8 Å². The van der Waals surface area contributed by atoms with Crippen molar-refractivity contribution >= 4 is 23.0 Å². The Hall–Kier alpha value is -2.47. The van der Waals surface area contributed by atoms with Crippen LogP contribution in [0.3, 0.4) is 0 Å². The molecule has 23 heavy (non-hydrogen) atoms. The standard InChI is InChI=1S/C16H15ClN2O4/c1-18(14-4-3-12(19(20)21)9-13(14)17)10-11-2-5-15-16(8-11)23-7-6-22-15/h2-5,8-9H,6-7,10H2,1H3. The highest BCUT2D eigenvalue weighted by atomic mass is 35.5. The normalized spacial score (nSPS) is 12.8. The van der Waals surface area contributed by atoms with Gasteiger partial charge in [0.05, 0.1) is 15.6 Å². The lowest BCUT2D eigenvalue weighted by Gasteiger charge is -2.23. The van der Waals surface area contributed by atoms with Crippen LogP contribution in [0, 0.1) is 10.1 Å². The minimum absolute atomic E-state index is 0.0218. The van der Waals surface area contributed by atoms with Gasteiger partial charge in [-0.2, -0.15) is 0 Å². The van der Waals surface area contributed by atoms with Gasteiger partial charge in [0, 0.05) is 25.7 Å². The molecule has 2 aromatic rings. The number of halogens is 1. The maximum Gasteiger partial charge on any atom is 0.271 e. The zero-order valence-electron chi connectivity index (χ0n) is 12.5. The first-order chi connectivity index (χ1) is 11.0. The van der Waals surface area contributed by atoms with E-state index in [0.29, 0.717) is 24.8 Å². The van der Waals surface area contributed by atoms with E-state index in [1.54, 1.807) is 6.07 Å². The van der Waals surface area contributed by atoms with Crippen molar-refractivity contribution < 1.29 is 14.4 Å². The molecule has 0 fully saturated rings. The zero-order chi connectivity index (χ0) is 16.4. The molecular weight excluding hydrogens is 320 g/mol. The third kappa shape index (κ3) is 3.32. The summed E-state index contributed by atoms with van der Waals surface area (Å²) in [5.74, 6) is 1.48. The number of ether oxygens (including phenoxy) is 2. The first-order valence-corrected chi connectivity index (χ1v) is 7.46. The van der Waals surface area contributed by atoms with E-state index in [0.717, 1.165) is 22.7 Å². The van der Waals surface area contributed by atoms with Gasteiger partial charge in [0.1, 0.15) is 13.2 Å². The molecular formula is C16H15ClN2O4. The summed E-state index contributed by atoms with van der Waals surface area (Å²) >= 11 is 6.16. The smallest absolute Gasteiger partial charge is 0.271 e. The van der Waals surface area contributed by atoms with Gasteiger partial charge in [-0.25, -0.2) is 0 Å². The number of anilines is 1. The van der Waals surface area contributed by atoms with Crippen molar-refractivity contribution in [3.05, 3.63) is 57.1 Å². The maximum atomic E-state index is 10.8. The van der Waals surface area contributed by atoms with Crippen LogP contribution in [0.5, 0.6) is 11.5 Å². The van der Waals surface area contributed by atoms with Crippen molar-refractivity contribution in [3.8, 4) is 11.5 Å². The number of rotatable bonds is 4. The topological polar surface area (TPSA) is 64.8 Å². The first kappa shape index (κ1) is 15.4. The molecule has 0 saturated carbocycles. The molecule has 0 aliphatic carbocycles. The molecule has 0 atom stereocenters. The molecule has 0 N–H and O–H groups in total. The fraction of sp³-hybridized carbons (Fsp3) is 0.250. The molecule has 1 heterocycles. The Bertz CT molecular complexity index is 751. The summed E-state index contributed by atoms with van der Waals surface area (Å²) in [5.41, 5.74) is 1.74. The van der Waals surface area contributed by atoms with Crippen LogP contribution in [0.2, 0.25) is 5.02 Å². The molecule has 1 aliphatic rings. The highest BCUT2D eigenvalue weighted by molar-refractivity contribution is 6.33. The van der Waals surface area contributed by atoms with Gasteiger partial charge < -0.3 is 14.4 Å². The lowest BCUT2D eigenvalue weighted by atomic mass is 10.1. The predicted octanol–water partition coefficient (Wildman–Crippen LogP) is 3.66. The van der Waals surface area contributed by atoms with Gasteiger partial charge in [-0.1, -0.05) is 17.7 Å². The molecule has 0 spiro atoms. The number of fused-ring (bicyclic) bond motifs is 1. The Kier molecular flexibility index (Phi) is 4.25. The van der Waals surface area contributed by atoms with Crippen molar-refractivity contribution in [2.75, 3.05) is 25.2 Å². The summed E-state index contributed by atoms with van der Waals surface area (Å²) in [4.78, 5) is 12.2. The van der Waals surface area contributed by atoms with Crippen LogP contribution in [0.1, 0.15) is 5.56 Å². The van der Waals surface area contributed by atoms with E-state index in [9.17, 15) is 10.1 Å². The summed E-state index contributed by atoms with van der Waals surface area (Å²) in [6.45, 7) is 1.69. The predicted molar refractivity (Wildman–Crippen MR) is 87.6 cm³/mol. The fourth-order valence-electron chi connectivity index (χ4n) is 2.46. The zero-order valence-corrected chi connectivity index (χ0v) is 13.2. The van der Waals surface area contributed by atoms with Gasteiger partial charge in [0.25, 0.3) is 5.69 Å². The van der Waals surface area contributed by atoms with Crippen LogP contribution in [-0.2, 0) is 6.54 Å². The van der Waals surface area contributed by atoms with Crippen molar-refractivity contribution in [1.29, 1.82) is 0 Å². The van der Waals surface area contributed by atoms with Crippen LogP contribution >= 0.6 is 11.6 Å². The average molecular weight is 335 g/mol.